The zero-order valence-electron chi connectivity index (χ0n) is 10.3. The van der Waals surface area contributed by atoms with E-state index in [1.165, 1.54) is 0 Å². The van der Waals surface area contributed by atoms with Gasteiger partial charge in [0.25, 0.3) is 0 Å². The summed E-state index contributed by atoms with van der Waals surface area (Å²) in [5.74, 6) is 0.155. The zero-order chi connectivity index (χ0) is 11.6. The molecule has 0 unspecified atom stereocenters. The first-order valence-electron chi connectivity index (χ1n) is 5.83. The second-order valence-electron chi connectivity index (χ2n) is 5.07. The van der Waals surface area contributed by atoms with Crippen molar-refractivity contribution in [2.45, 2.75) is 53.1 Å². The van der Waals surface area contributed by atoms with Crippen LogP contribution in [-0.4, -0.2) is 12.1 Å². The quantitative estimate of drug-likeness (QED) is 0.525. The molecule has 0 aromatic rings. The van der Waals surface area contributed by atoms with Gasteiger partial charge in [-0.3, -0.25) is 0 Å². The van der Waals surface area contributed by atoms with Crippen molar-refractivity contribution in [1.29, 1.82) is 0 Å². The van der Waals surface area contributed by atoms with Crippen molar-refractivity contribution in [2.75, 3.05) is 0 Å². The average Bonchev–Trinajstić information content (AvgIpc) is 2.40. The summed E-state index contributed by atoms with van der Waals surface area (Å²) in [5.41, 5.74) is 0.510. The molecular formula is C13H22O2. The Balaban J connectivity index is 2.88. The van der Waals surface area contributed by atoms with Gasteiger partial charge in [-0.25, -0.2) is 4.79 Å². The van der Waals surface area contributed by atoms with Gasteiger partial charge < -0.3 is 4.74 Å². The SMILES string of the molecule is C=C1C(=O)O[C@@H](C(C)C)[C@@]1(C)CCCC. The van der Waals surface area contributed by atoms with E-state index in [0.29, 0.717) is 11.5 Å². The fraction of sp³-hybridized carbons (Fsp3) is 0.769. The summed E-state index contributed by atoms with van der Waals surface area (Å²) < 4.78 is 5.41. The Kier molecular flexibility index (Phi) is 3.58. The molecule has 0 saturated carbocycles. The largest absolute Gasteiger partial charge is 0.458 e. The standard InChI is InChI=1S/C13H22O2/c1-6-7-8-13(5)10(4)12(14)15-11(13)9(2)3/h9,11H,4,6-8H2,1-3,5H3/t11-,13-/m0/s1. The minimum atomic E-state index is -0.202. The number of hydrogen-bond donors (Lipinski definition) is 0. The zero-order valence-corrected chi connectivity index (χ0v) is 10.3. The molecule has 15 heavy (non-hydrogen) atoms. The molecule has 0 spiro atoms. The minimum Gasteiger partial charge on any atom is -0.458 e. The van der Waals surface area contributed by atoms with Crippen LogP contribution in [0.3, 0.4) is 0 Å². The third-order valence-electron chi connectivity index (χ3n) is 3.45. The third kappa shape index (κ3) is 2.09. The molecule has 0 aromatic heterocycles. The molecule has 0 bridgehead atoms. The van der Waals surface area contributed by atoms with Crippen LogP contribution in [0.4, 0.5) is 0 Å². The molecule has 2 atom stereocenters. The minimum absolute atomic E-state index is 0.00375. The van der Waals surface area contributed by atoms with E-state index < -0.39 is 0 Å². The van der Waals surface area contributed by atoms with Crippen LogP contribution in [0.2, 0.25) is 0 Å². The number of carbonyl (C=O) groups is 1. The Labute approximate surface area is 92.7 Å². The van der Waals surface area contributed by atoms with Crippen molar-refractivity contribution in [1.82, 2.24) is 0 Å². The van der Waals surface area contributed by atoms with Gasteiger partial charge in [0.05, 0.1) is 0 Å². The van der Waals surface area contributed by atoms with Crippen molar-refractivity contribution in [3.8, 4) is 0 Å². The van der Waals surface area contributed by atoms with Crippen LogP contribution in [0.5, 0.6) is 0 Å². The molecule has 1 saturated heterocycles. The van der Waals surface area contributed by atoms with Crippen LogP contribution in [0.25, 0.3) is 0 Å². The van der Waals surface area contributed by atoms with Crippen molar-refractivity contribution >= 4 is 5.97 Å². The number of hydrogen-bond acceptors (Lipinski definition) is 2. The number of unbranched alkanes of at least 4 members (excludes halogenated alkanes) is 1. The Morgan fingerprint density at radius 3 is 2.60 bits per heavy atom. The summed E-state index contributed by atoms with van der Waals surface area (Å²) >= 11 is 0. The lowest BCUT2D eigenvalue weighted by Gasteiger charge is -2.31. The maximum atomic E-state index is 11.5. The molecule has 0 radical (unpaired) electrons. The van der Waals surface area contributed by atoms with Crippen LogP contribution in [0, 0.1) is 11.3 Å². The molecule has 0 aromatic carbocycles. The van der Waals surface area contributed by atoms with Gasteiger partial charge in [-0.1, -0.05) is 47.1 Å². The number of rotatable bonds is 4. The van der Waals surface area contributed by atoms with E-state index in [9.17, 15) is 4.79 Å². The number of esters is 1. The first-order valence-corrected chi connectivity index (χ1v) is 5.83. The molecule has 0 aliphatic carbocycles. The van der Waals surface area contributed by atoms with E-state index in [0.717, 1.165) is 19.3 Å². The molecule has 0 N–H and O–H groups in total. The van der Waals surface area contributed by atoms with Gasteiger partial charge in [0, 0.05) is 11.0 Å². The topological polar surface area (TPSA) is 26.3 Å². The van der Waals surface area contributed by atoms with E-state index >= 15 is 0 Å². The van der Waals surface area contributed by atoms with E-state index in [-0.39, 0.29) is 17.5 Å². The second-order valence-corrected chi connectivity index (χ2v) is 5.07. The predicted molar refractivity (Wildman–Crippen MR) is 61.5 cm³/mol. The number of ether oxygens (including phenoxy) is 1. The molecule has 1 aliphatic rings. The summed E-state index contributed by atoms with van der Waals surface area (Å²) in [6.45, 7) is 12.4. The highest BCUT2D eigenvalue weighted by Crippen LogP contribution is 2.46. The number of cyclic esters (lactones) is 1. The van der Waals surface area contributed by atoms with E-state index in [2.05, 4.69) is 34.3 Å². The Morgan fingerprint density at radius 2 is 2.13 bits per heavy atom. The van der Waals surface area contributed by atoms with Crippen LogP contribution in [0.15, 0.2) is 12.2 Å². The Bertz CT molecular complexity index is 268. The van der Waals surface area contributed by atoms with Gasteiger partial charge in [-0.2, -0.15) is 0 Å². The van der Waals surface area contributed by atoms with Crippen LogP contribution >= 0.6 is 0 Å². The van der Waals surface area contributed by atoms with Gasteiger partial charge in [-0.15, -0.1) is 0 Å². The molecule has 2 nitrogen and oxygen atoms in total. The van der Waals surface area contributed by atoms with Gasteiger partial charge in [0.2, 0.25) is 0 Å². The lowest BCUT2D eigenvalue weighted by atomic mass is 9.72. The highest BCUT2D eigenvalue weighted by molar-refractivity contribution is 5.92. The summed E-state index contributed by atoms with van der Waals surface area (Å²) in [6, 6.07) is 0. The van der Waals surface area contributed by atoms with Crippen LogP contribution < -0.4 is 0 Å². The summed E-state index contributed by atoms with van der Waals surface area (Å²) in [6.07, 6.45) is 3.26. The van der Waals surface area contributed by atoms with Crippen molar-refractivity contribution < 1.29 is 9.53 Å². The predicted octanol–water partition coefficient (Wildman–Crippen LogP) is 3.32. The van der Waals surface area contributed by atoms with Crippen molar-refractivity contribution in [3.63, 3.8) is 0 Å². The fourth-order valence-electron chi connectivity index (χ4n) is 2.43. The average molecular weight is 210 g/mol. The maximum Gasteiger partial charge on any atom is 0.334 e. The highest BCUT2D eigenvalue weighted by atomic mass is 16.6. The van der Waals surface area contributed by atoms with Gasteiger partial charge >= 0.3 is 5.97 Å². The first kappa shape index (κ1) is 12.3. The van der Waals surface area contributed by atoms with Crippen molar-refractivity contribution in [2.24, 2.45) is 11.3 Å². The van der Waals surface area contributed by atoms with E-state index in [1.54, 1.807) is 0 Å². The Hall–Kier alpha value is -0.790. The third-order valence-corrected chi connectivity index (χ3v) is 3.45. The number of carbonyl (C=O) groups excluding carboxylic acids is 1. The summed E-state index contributed by atoms with van der Waals surface area (Å²) in [7, 11) is 0. The molecule has 1 rings (SSSR count). The molecule has 1 heterocycles. The molecule has 86 valence electrons. The van der Waals surface area contributed by atoms with E-state index in [1.807, 2.05) is 0 Å². The molecule has 0 amide bonds. The lowest BCUT2D eigenvalue weighted by molar-refractivity contribution is -0.141. The summed E-state index contributed by atoms with van der Waals surface area (Å²) in [4.78, 5) is 11.5. The fourth-order valence-corrected chi connectivity index (χ4v) is 2.43. The summed E-state index contributed by atoms with van der Waals surface area (Å²) in [5, 5.41) is 0. The molecule has 2 heteroatoms. The van der Waals surface area contributed by atoms with E-state index in [4.69, 9.17) is 4.74 Å². The van der Waals surface area contributed by atoms with Gasteiger partial charge in [-0.05, 0) is 12.3 Å². The smallest absolute Gasteiger partial charge is 0.334 e. The normalized spacial score (nSPS) is 31.1. The highest BCUT2D eigenvalue weighted by Gasteiger charge is 2.49. The molecular weight excluding hydrogens is 188 g/mol. The van der Waals surface area contributed by atoms with Crippen LogP contribution in [-0.2, 0) is 9.53 Å². The second kappa shape index (κ2) is 4.38. The first-order chi connectivity index (χ1) is 6.93. The van der Waals surface area contributed by atoms with Crippen LogP contribution in [0.1, 0.15) is 47.0 Å². The maximum absolute atomic E-state index is 11.5. The van der Waals surface area contributed by atoms with Crippen molar-refractivity contribution in [3.05, 3.63) is 12.2 Å². The van der Waals surface area contributed by atoms with Gasteiger partial charge in [0.15, 0.2) is 0 Å². The molecule has 1 aliphatic heterocycles. The van der Waals surface area contributed by atoms with Gasteiger partial charge in [0.1, 0.15) is 6.10 Å². The lowest BCUT2D eigenvalue weighted by Crippen LogP contribution is -2.33. The molecule has 1 fully saturated rings. The Morgan fingerprint density at radius 1 is 1.53 bits per heavy atom. The monoisotopic (exact) mass is 210 g/mol.